The van der Waals surface area contributed by atoms with Crippen LogP contribution in [0.4, 0.5) is 9.59 Å². The van der Waals surface area contributed by atoms with E-state index < -0.39 is 0 Å². The highest BCUT2D eigenvalue weighted by Crippen LogP contribution is 2.45. The number of hydrogen-bond acceptors (Lipinski definition) is 6. The van der Waals surface area contributed by atoms with E-state index in [0.29, 0.717) is 31.1 Å². The van der Waals surface area contributed by atoms with Gasteiger partial charge in [0, 0.05) is 25.7 Å². The van der Waals surface area contributed by atoms with Crippen LogP contribution in [0.25, 0.3) is 0 Å². The molecule has 1 saturated carbocycles. The molecule has 4 amide bonds. The summed E-state index contributed by atoms with van der Waals surface area (Å²) in [6.07, 6.45) is 2.59. The molecular formula is C28H36N4O6. The number of nitrogens with one attached hydrogen (secondary N) is 4. The Hall–Kier alpha value is -3.82. The van der Waals surface area contributed by atoms with Crippen molar-refractivity contribution in [1.82, 2.24) is 21.3 Å². The summed E-state index contributed by atoms with van der Waals surface area (Å²) in [7, 11) is 0. The van der Waals surface area contributed by atoms with Crippen molar-refractivity contribution in [2.45, 2.75) is 59.2 Å². The minimum Gasteiger partial charge on any atom is -0.454 e. The van der Waals surface area contributed by atoms with E-state index in [0.717, 1.165) is 41.9 Å². The van der Waals surface area contributed by atoms with Gasteiger partial charge in [0.25, 0.3) is 0 Å². The van der Waals surface area contributed by atoms with Crippen molar-refractivity contribution in [3.63, 3.8) is 0 Å². The number of fused-ring (bicyclic) bond motifs is 2. The smallest absolute Gasteiger partial charge is 0.315 e. The molecule has 38 heavy (non-hydrogen) atoms. The molecule has 10 heteroatoms. The van der Waals surface area contributed by atoms with Gasteiger partial charge in [-0.15, -0.1) is 0 Å². The Labute approximate surface area is 222 Å². The number of ether oxygens (including phenoxy) is 4. The third kappa shape index (κ3) is 6.35. The predicted octanol–water partition coefficient (Wildman–Crippen LogP) is 4.03. The van der Waals surface area contributed by atoms with E-state index in [9.17, 15) is 9.59 Å². The summed E-state index contributed by atoms with van der Waals surface area (Å²) in [4.78, 5) is 25.3. The van der Waals surface area contributed by atoms with Crippen molar-refractivity contribution >= 4 is 12.1 Å². The second-order valence-corrected chi connectivity index (χ2v) is 11.5. The zero-order valence-electron chi connectivity index (χ0n) is 22.1. The molecule has 0 radical (unpaired) electrons. The Bertz CT molecular complexity index is 1200. The van der Waals surface area contributed by atoms with Gasteiger partial charge >= 0.3 is 12.1 Å². The van der Waals surface area contributed by atoms with Crippen LogP contribution in [0, 0.1) is 10.8 Å². The lowest BCUT2D eigenvalue weighted by Crippen LogP contribution is -2.52. The average molecular weight is 525 g/mol. The summed E-state index contributed by atoms with van der Waals surface area (Å²) < 4.78 is 21.5. The quantitative estimate of drug-likeness (QED) is 0.434. The van der Waals surface area contributed by atoms with Gasteiger partial charge in [-0.1, -0.05) is 32.9 Å². The lowest BCUT2D eigenvalue weighted by atomic mass is 9.62. The summed E-state index contributed by atoms with van der Waals surface area (Å²) in [6, 6.07) is 10.9. The van der Waals surface area contributed by atoms with E-state index in [2.05, 4.69) is 42.0 Å². The summed E-state index contributed by atoms with van der Waals surface area (Å²) in [5.74, 6) is 2.83. The van der Waals surface area contributed by atoms with Gasteiger partial charge in [0.05, 0.1) is 0 Å². The highest BCUT2D eigenvalue weighted by atomic mass is 16.7. The summed E-state index contributed by atoms with van der Waals surface area (Å²) >= 11 is 0. The van der Waals surface area contributed by atoms with Crippen LogP contribution >= 0.6 is 0 Å². The topological polar surface area (TPSA) is 119 Å². The van der Waals surface area contributed by atoms with Gasteiger partial charge in [0.2, 0.25) is 13.6 Å². The second-order valence-electron chi connectivity index (χ2n) is 11.5. The molecule has 0 saturated heterocycles. The van der Waals surface area contributed by atoms with Crippen molar-refractivity contribution in [2.24, 2.45) is 10.8 Å². The highest BCUT2D eigenvalue weighted by Gasteiger charge is 2.41. The Morgan fingerprint density at radius 2 is 1.32 bits per heavy atom. The maximum absolute atomic E-state index is 12.7. The molecule has 2 heterocycles. The molecule has 0 spiro atoms. The molecule has 2 aromatic carbocycles. The fourth-order valence-corrected chi connectivity index (χ4v) is 5.93. The molecule has 2 atom stereocenters. The van der Waals surface area contributed by atoms with Gasteiger partial charge in [-0.2, -0.15) is 0 Å². The normalized spacial score (nSPS) is 22.4. The monoisotopic (exact) mass is 524 g/mol. The van der Waals surface area contributed by atoms with Crippen LogP contribution in [-0.2, 0) is 13.1 Å². The number of rotatable bonds is 7. The van der Waals surface area contributed by atoms with Gasteiger partial charge in [0.15, 0.2) is 23.0 Å². The van der Waals surface area contributed by atoms with Gasteiger partial charge in [-0.05, 0) is 65.5 Å². The molecule has 3 aliphatic rings. The molecule has 5 rings (SSSR count). The Morgan fingerprint density at radius 1 is 0.763 bits per heavy atom. The molecule has 1 aliphatic carbocycles. The Kier molecular flexibility index (Phi) is 7.14. The van der Waals surface area contributed by atoms with E-state index in [-0.39, 0.29) is 42.5 Å². The predicted molar refractivity (Wildman–Crippen MR) is 140 cm³/mol. The van der Waals surface area contributed by atoms with E-state index >= 15 is 0 Å². The maximum atomic E-state index is 12.7. The Balaban J connectivity index is 1.09. The molecule has 204 valence electrons. The molecule has 0 unspecified atom stereocenters. The fourth-order valence-electron chi connectivity index (χ4n) is 5.93. The van der Waals surface area contributed by atoms with E-state index in [1.165, 1.54) is 0 Å². The SMILES string of the molecule is CC1(C)C[C@H](NC(=O)NCc2ccc3c(c2)OCO3)C[C@](C)(CNC(=O)NCc2ccc3c(c2)OCO3)C1. The third-order valence-electron chi connectivity index (χ3n) is 7.23. The number of urea groups is 2. The fraction of sp³-hybridized carbons (Fsp3) is 0.500. The molecule has 2 aromatic rings. The first-order valence-electron chi connectivity index (χ1n) is 13.0. The highest BCUT2D eigenvalue weighted by molar-refractivity contribution is 5.74. The van der Waals surface area contributed by atoms with E-state index in [1.807, 2.05) is 36.4 Å². The van der Waals surface area contributed by atoms with Crippen molar-refractivity contribution in [3.05, 3.63) is 47.5 Å². The average Bonchev–Trinajstić information content (AvgIpc) is 3.52. The zero-order chi connectivity index (χ0) is 26.8. The second kappa shape index (κ2) is 10.5. The summed E-state index contributed by atoms with van der Waals surface area (Å²) in [5.41, 5.74) is 1.74. The number of benzene rings is 2. The Morgan fingerprint density at radius 3 is 1.92 bits per heavy atom. The molecule has 4 N–H and O–H groups in total. The number of hydrogen-bond donors (Lipinski definition) is 4. The first-order chi connectivity index (χ1) is 18.2. The zero-order valence-corrected chi connectivity index (χ0v) is 22.1. The molecule has 2 aliphatic heterocycles. The van der Waals surface area contributed by atoms with Crippen LogP contribution in [0.3, 0.4) is 0 Å². The first-order valence-corrected chi connectivity index (χ1v) is 13.0. The molecule has 0 aromatic heterocycles. The van der Waals surface area contributed by atoms with Crippen LogP contribution in [0.5, 0.6) is 23.0 Å². The van der Waals surface area contributed by atoms with Gasteiger partial charge in [0.1, 0.15) is 0 Å². The molecule has 10 nitrogen and oxygen atoms in total. The van der Waals surface area contributed by atoms with Crippen LogP contribution in [0.2, 0.25) is 0 Å². The van der Waals surface area contributed by atoms with Gasteiger partial charge < -0.3 is 40.2 Å². The lowest BCUT2D eigenvalue weighted by Gasteiger charge is -2.46. The molecular weight excluding hydrogens is 488 g/mol. The van der Waals surface area contributed by atoms with Crippen molar-refractivity contribution in [2.75, 3.05) is 20.1 Å². The number of amides is 4. The van der Waals surface area contributed by atoms with Crippen molar-refractivity contribution < 1.29 is 28.5 Å². The first kappa shape index (κ1) is 25.8. The summed E-state index contributed by atoms with van der Waals surface area (Å²) in [6.45, 7) is 8.33. The van der Waals surface area contributed by atoms with Crippen LogP contribution < -0.4 is 40.2 Å². The summed E-state index contributed by atoms with van der Waals surface area (Å²) in [5, 5.41) is 12.1. The van der Waals surface area contributed by atoms with Crippen LogP contribution in [0.15, 0.2) is 36.4 Å². The van der Waals surface area contributed by atoms with Gasteiger partial charge in [-0.3, -0.25) is 0 Å². The van der Waals surface area contributed by atoms with Crippen LogP contribution in [-0.4, -0.2) is 38.2 Å². The molecule has 0 bridgehead atoms. The lowest BCUT2D eigenvalue weighted by molar-refractivity contribution is 0.0749. The number of carbonyl (C=O) groups excluding carboxylic acids is 2. The van der Waals surface area contributed by atoms with Crippen molar-refractivity contribution in [1.29, 1.82) is 0 Å². The van der Waals surface area contributed by atoms with E-state index in [4.69, 9.17) is 18.9 Å². The molecule has 1 fully saturated rings. The largest absolute Gasteiger partial charge is 0.454 e. The van der Waals surface area contributed by atoms with Crippen molar-refractivity contribution in [3.8, 4) is 23.0 Å². The van der Waals surface area contributed by atoms with Crippen LogP contribution in [0.1, 0.15) is 51.2 Å². The van der Waals surface area contributed by atoms with Gasteiger partial charge in [-0.25, -0.2) is 9.59 Å². The minimum absolute atomic E-state index is 0.000928. The number of carbonyl (C=O) groups is 2. The van der Waals surface area contributed by atoms with E-state index in [1.54, 1.807) is 0 Å². The third-order valence-corrected chi connectivity index (χ3v) is 7.23. The minimum atomic E-state index is -0.224. The standard InChI is InChI=1S/C28H36N4O6/c1-27(2)10-20(32-26(34)30-13-19-5-7-22-24(9-19)38-17-36-22)11-28(3,14-27)15-31-25(33)29-12-18-4-6-21-23(8-18)37-16-35-21/h4-9,20H,10-17H2,1-3H3,(H2,29,31,33)(H2,30,32,34)/t20-,28-/m0/s1. The maximum Gasteiger partial charge on any atom is 0.315 e.